The Balaban J connectivity index is 1.87. The van der Waals surface area contributed by atoms with E-state index in [-0.39, 0.29) is 37.6 Å². The first-order chi connectivity index (χ1) is 16.5. The average Bonchev–Trinajstić information content (AvgIpc) is 3.30. The average molecular weight is 470 g/mol. The zero-order chi connectivity index (χ0) is 24.3. The van der Waals surface area contributed by atoms with Crippen LogP contribution in [-0.2, 0) is 25.7 Å². The minimum absolute atomic E-state index is 0.140. The number of benzene rings is 2. The summed E-state index contributed by atoms with van der Waals surface area (Å²) in [7, 11) is 0. The second-order valence-corrected chi connectivity index (χ2v) is 7.77. The Morgan fingerprint density at radius 1 is 1.06 bits per heavy atom. The van der Waals surface area contributed by atoms with Gasteiger partial charge in [0.1, 0.15) is 6.04 Å². The standard InChI is InChI=1S/C25H31N3O6/c1-3-32-13-7-12-26-25(31)24(20-8-5-4-6-9-20)28(23(30)15-27-18(2)29)16-19-10-11-21-22(14-19)34-17-33-21/h4-6,8-11,14,24H,3,7,12-13,15-17H2,1-2H3,(H,26,31)(H,27,29)/t24-/m1/s1. The van der Waals surface area contributed by atoms with Crippen LogP contribution in [-0.4, -0.2) is 55.7 Å². The molecule has 1 aliphatic heterocycles. The maximum atomic E-state index is 13.4. The Morgan fingerprint density at radius 2 is 1.82 bits per heavy atom. The molecule has 0 bridgehead atoms. The first-order valence-electron chi connectivity index (χ1n) is 11.3. The highest BCUT2D eigenvalue weighted by Gasteiger charge is 2.31. The van der Waals surface area contributed by atoms with Crippen LogP contribution >= 0.6 is 0 Å². The second kappa shape index (κ2) is 12.6. The number of hydrogen-bond acceptors (Lipinski definition) is 6. The van der Waals surface area contributed by atoms with Crippen molar-refractivity contribution in [1.29, 1.82) is 0 Å². The zero-order valence-electron chi connectivity index (χ0n) is 19.5. The third kappa shape index (κ3) is 6.95. The Morgan fingerprint density at radius 3 is 2.56 bits per heavy atom. The van der Waals surface area contributed by atoms with Gasteiger partial charge in [-0.15, -0.1) is 0 Å². The van der Waals surface area contributed by atoms with E-state index < -0.39 is 6.04 Å². The molecule has 0 aromatic heterocycles. The van der Waals surface area contributed by atoms with Gasteiger partial charge in [0.2, 0.25) is 24.5 Å². The summed E-state index contributed by atoms with van der Waals surface area (Å²) in [5.74, 6) is 0.203. The maximum Gasteiger partial charge on any atom is 0.247 e. The monoisotopic (exact) mass is 469 g/mol. The summed E-state index contributed by atoms with van der Waals surface area (Å²) in [5, 5.41) is 5.46. The van der Waals surface area contributed by atoms with Crippen LogP contribution in [0, 0.1) is 0 Å². The summed E-state index contributed by atoms with van der Waals surface area (Å²) in [4.78, 5) is 39.6. The molecule has 2 aromatic rings. The number of hydrogen-bond donors (Lipinski definition) is 2. The van der Waals surface area contributed by atoms with E-state index in [9.17, 15) is 14.4 Å². The molecule has 0 unspecified atom stereocenters. The van der Waals surface area contributed by atoms with Gasteiger partial charge in [0.05, 0.1) is 6.54 Å². The first kappa shape index (κ1) is 25.0. The molecule has 0 saturated carbocycles. The Kier molecular flexibility index (Phi) is 9.28. The predicted octanol–water partition coefficient (Wildman–Crippen LogP) is 2.16. The van der Waals surface area contributed by atoms with Crippen molar-refractivity contribution in [2.75, 3.05) is 33.1 Å². The van der Waals surface area contributed by atoms with E-state index in [4.69, 9.17) is 14.2 Å². The molecular weight excluding hydrogens is 438 g/mol. The van der Waals surface area contributed by atoms with Gasteiger partial charge in [0.15, 0.2) is 11.5 Å². The first-order valence-corrected chi connectivity index (χ1v) is 11.3. The minimum Gasteiger partial charge on any atom is -0.454 e. The van der Waals surface area contributed by atoms with Crippen molar-refractivity contribution in [2.45, 2.75) is 32.9 Å². The lowest BCUT2D eigenvalue weighted by Gasteiger charge is -2.31. The highest BCUT2D eigenvalue weighted by molar-refractivity contribution is 5.90. The van der Waals surface area contributed by atoms with Crippen LogP contribution < -0.4 is 20.1 Å². The molecule has 182 valence electrons. The summed E-state index contributed by atoms with van der Waals surface area (Å²) >= 11 is 0. The van der Waals surface area contributed by atoms with E-state index in [1.807, 2.05) is 43.3 Å². The van der Waals surface area contributed by atoms with Crippen molar-refractivity contribution in [2.24, 2.45) is 0 Å². The number of nitrogens with zero attached hydrogens (tertiary/aromatic N) is 1. The van der Waals surface area contributed by atoms with Crippen LogP contribution in [0.25, 0.3) is 0 Å². The molecule has 9 nitrogen and oxygen atoms in total. The predicted molar refractivity (Wildman–Crippen MR) is 125 cm³/mol. The van der Waals surface area contributed by atoms with Gasteiger partial charge >= 0.3 is 0 Å². The molecule has 2 N–H and O–H groups in total. The third-order valence-corrected chi connectivity index (χ3v) is 5.24. The number of ether oxygens (including phenoxy) is 3. The molecule has 1 heterocycles. The summed E-state index contributed by atoms with van der Waals surface area (Å²) < 4.78 is 16.2. The zero-order valence-corrected chi connectivity index (χ0v) is 19.5. The van der Waals surface area contributed by atoms with Gasteiger partial charge in [0, 0.05) is 33.2 Å². The van der Waals surface area contributed by atoms with E-state index in [1.54, 1.807) is 12.1 Å². The Bertz CT molecular complexity index is 982. The van der Waals surface area contributed by atoms with Crippen molar-refractivity contribution >= 4 is 17.7 Å². The summed E-state index contributed by atoms with van der Waals surface area (Å²) in [6, 6.07) is 13.6. The van der Waals surface area contributed by atoms with Crippen molar-refractivity contribution in [3.8, 4) is 11.5 Å². The second-order valence-electron chi connectivity index (χ2n) is 7.77. The molecule has 34 heavy (non-hydrogen) atoms. The summed E-state index contributed by atoms with van der Waals surface area (Å²) in [6.45, 7) is 4.88. The van der Waals surface area contributed by atoms with Crippen molar-refractivity contribution < 1.29 is 28.6 Å². The van der Waals surface area contributed by atoms with Crippen molar-refractivity contribution in [3.05, 3.63) is 59.7 Å². The highest BCUT2D eigenvalue weighted by Crippen LogP contribution is 2.33. The SMILES string of the molecule is CCOCCCNC(=O)[C@@H](c1ccccc1)N(Cc1ccc2c(c1)OCO2)C(=O)CNC(C)=O. The number of fused-ring (bicyclic) bond motifs is 1. The van der Waals surface area contributed by atoms with Crippen LogP contribution in [0.2, 0.25) is 0 Å². The lowest BCUT2D eigenvalue weighted by molar-refractivity contribution is -0.141. The van der Waals surface area contributed by atoms with Gasteiger partial charge in [0.25, 0.3) is 0 Å². The van der Waals surface area contributed by atoms with Gasteiger partial charge in [-0.25, -0.2) is 0 Å². The fourth-order valence-electron chi connectivity index (χ4n) is 3.60. The molecule has 9 heteroatoms. The normalized spacial score (nSPS) is 12.6. The molecule has 1 aliphatic rings. The molecule has 0 radical (unpaired) electrons. The van der Waals surface area contributed by atoms with E-state index in [1.165, 1.54) is 11.8 Å². The fourth-order valence-corrected chi connectivity index (χ4v) is 3.60. The number of rotatable bonds is 12. The lowest BCUT2D eigenvalue weighted by atomic mass is 10.0. The molecule has 0 aliphatic carbocycles. The third-order valence-electron chi connectivity index (χ3n) is 5.24. The van der Waals surface area contributed by atoms with Gasteiger partial charge in [-0.2, -0.15) is 0 Å². The Hall–Kier alpha value is -3.59. The van der Waals surface area contributed by atoms with Crippen LogP contribution in [0.1, 0.15) is 37.4 Å². The maximum absolute atomic E-state index is 13.4. The van der Waals surface area contributed by atoms with Gasteiger partial charge in [-0.05, 0) is 36.6 Å². The fraction of sp³-hybridized carbons (Fsp3) is 0.400. The van der Waals surface area contributed by atoms with Crippen LogP contribution in [0.15, 0.2) is 48.5 Å². The Labute approximate surface area is 199 Å². The van der Waals surface area contributed by atoms with E-state index in [0.717, 1.165) is 5.56 Å². The van der Waals surface area contributed by atoms with E-state index in [2.05, 4.69) is 10.6 Å². The van der Waals surface area contributed by atoms with Crippen LogP contribution in [0.5, 0.6) is 11.5 Å². The highest BCUT2D eigenvalue weighted by atomic mass is 16.7. The van der Waals surface area contributed by atoms with Gasteiger partial charge in [-0.3, -0.25) is 14.4 Å². The lowest BCUT2D eigenvalue weighted by Crippen LogP contribution is -2.47. The largest absolute Gasteiger partial charge is 0.454 e. The van der Waals surface area contributed by atoms with E-state index in [0.29, 0.717) is 43.2 Å². The van der Waals surface area contributed by atoms with Gasteiger partial charge in [-0.1, -0.05) is 36.4 Å². The van der Waals surface area contributed by atoms with Crippen molar-refractivity contribution in [3.63, 3.8) is 0 Å². The smallest absolute Gasteiger partial charge is 0.247 e. The molecule has 3 amide bonds. The summed E-state index contributed by atoms with van der Waals surface area (Å²) in [5.41, 5.74) is 1.44. The number of amides is 3. The van der Waals surface area contributed by atoms with Crippen molar-refractivity contribution in [1.82, 2.24) is 15.5 Å². The molecule has 1 atom stereocenters. The number of carbonyl (C=O) groups excluding carboxylic acids is 3. The molecule has 2 aromatic carbocycles. The van der Waals surface area contributed by atoms with Gasteiger partial charge < -0.3 is 29.7 Å². The number of carbonyl (C=O) groups is 3. The van der Waals surface area contributed by atoms with Crippen LogP contribution in [0.4, 0.5) is 0 Å². The van der Waals surface area contributed by atoms with Crippen LogP contribution in [0.3, 0.4) is 0 Å². The topological polar surface area (TPSA) is 106 Å². The molecule has 0 spiro atoms. The van der Waals surface area contributed by atoms with E-state index >= 15 is 0 Å². The summed E-state index contributed by atoms with van der Waals surface area (Å²) in [6.07, 6.45) is 0.656. The molecule has 0 saturated heterocycles. The molecule has 3 rings (SSSR count). The molecular formula is C25H31N3O6. The quantitative estimate of drug-likeness (QED) is 0.462. The number of nitrogens with one attached hydrogen (secondary N) is 2. The minimum atomic E-state index is -0.889. The molecule has 0 fully saturated rings.